The zero-order chi connectivity index (χ0) is 17.8. The number of hydrogen-bond donors (Lipinski definition) is 2. The molecule has 0 amide bonds. The van der Waals surface area contributed by atoms with Crippen LogP contribution in [0.3, 0.4) is 0 Å². The van der Waals surface area contributed by atoms with Gasteiger partial charge in [0.1, 0.15) is 6.10 Å². The summed E-state index contributed by atoms with van der Waals surface area (Å²) in [6.45, 7) is 0. The molecule has 2 N–H and O–H groups in total. The van der Waals surface area contributed by atoms with E-state index in [-0.39, 0.29) is 11.6 Å². The predicted octanol–water partition coefficient (Wildman–Crippen LogP) is 3.18. The fourth-order valence-corrected chi connectivity index (χ4v) is 3.21. The summed E-state index contributed by atoms with van der Waals surface area (Å²) in [5, 5.41) is 28.6. The molecular weight excluding hydrogens is 362 g/mol. The molecule has 3 aromatic rings. The van der Waals surface area contributed by atoms with Crippen molar-refractivity contribution in [3.8, 4) is 5.69 Å². The standard InChI is InChI=1S/C17H14ClN3O3S/c18-12-8-4-5-9-13(12)21-16(15(24)11-6-2-1-3-7-11)19-20-17(21)25-10-14(22)23/h1-9,15,24H,10H2,(H,22,23)/t15-/m1/s1. The zero-order valence-corrected chi connectivity index (χ0v) is 14.5. The zero-order valence-electron chi connectivity index (χ0n) is 12.9. The van der Waals surface area contributed by atoms with Crippen molar-refractivity contribution in [1.29, 1.82) is 0 Å². The monoisotopic (exact) mass is 375 g/mol. The van der Waals surface area contributed by atoms with Gasteiger partial charge in [-0.05, 0) is 17.7 Å². The molecule has 0 saturated carbocycles. The number of aliphatic hydroxyl groups is 1. The van der Waals surface area contributed by atoms with E-state index < -0.39 is 12.1 Å². The van der Waals surface area contributed by atoms with Crippen molar-refractivity contribution in [2.45, 2.75) is 11.3 Å². The Morgan fingerprint density at radius 3 is 2.48 bits per heavy atom. The molecule has 0 bridgehead atoms. The maximum absolute atomic E-state index is 10.9. The highest BCUT2D eigenvalue weighted by Crippen LogP contribution is 2.31. The molecule has 0 aliphatic carbocycles. The summed E-state index contributed by atoms with van der Waals surface area (Å²) in [7, 11) is 0. The summed E-state index contributed by atoms with van der Waals surface area (Å²) >= 11 is 7.30. The van der Waals surface area contributed by atoms with Gasteiger partial charge in [-0.2, -0.15) is 0 Å². The lowest BCUT2D eigenvalue weighted by molar-refractivity contribution is -0.133. The van der Waals surface area contributed by atoms with E-state index in [1.165, 1.54) is 0 Å². The van der Waals surface area contributed by atoms with Crippen LogP contribution in [0.2, 0.25) is 5.02 Å². The van der Waals surface area contributed by atoms with E-state index in [4.69, 9.17) is 16.7 Å². The number of carboxylic acid groups (broad SMARTS) is 1. The largest absolute Gasteiger partial charge is 0.481 e. The Labute approximate surface area is 153 Å². The molecule has 1 heterocycles. The molecule has 8 heteroatoms. The third-order valence-electron chi connectivity index (χ3n) is 3.44. The van der Waals surface area contributed by atoms with Crippen LogP contribution in [0.15, 0.2) is 59.8 Å². The van der Waals surface area contributed by atoms with Crippen molar-refractivity contribution < 1.29 is 15.0 Å². The number of nitrogens with zero attached hydrogens (tertiary/aromatic N) is 3. The Balaban J connectivity index is 2.09. The maximum atomic E-state index is 10.9. The molecule has 6 nitrogen and oxygen atoms in total. The van der Waals surface area contributed by atoms with Gasteiger partial charge in [-0.15, -0.1) is 10.2 Å². The lowest BCUT2D eigenvalue weighted by Crippen LogP contribution is -2.10. The third-order valence-corrected chi connectivity index (χ3v) is 4.67. The van der Waals surface area contributed by atoms with Gasteiger partial charge < -0.3 is 10.2 Å². The van der Waals surface area contributed by atoms with E-state index in [2.05, 4.69) is 10.2 Å². The van der Waals surface area contributed by atoms with Crippen LogP contribution in [0.1, 0.15) is 17.5 Å². The van der Waals surface area contributed by atoms with Gasteiger partial charge in [0.2, 0.25) is 0 Å². The van der Waals surface area contributed by atoms with Crippen LogP contribution in [-0.2, 0) is 4.79 Å². The highest BCUT2D eigenvalue weighted by molar-refractivity contribution is 7.99. The minimum Gasteiger partial charge on any atom is -0.481 e. The average molecular weight is 376 g/mol. The Morgan fingerprint density at radius 2 is 1.80 bits per heavy atom. The van der Waals surface area contributed by atoms with Crippen LogP contribution in [0.5, 0.6) is 0 Å². The molecule has 0 unspecified atom stereocenters. The second-order valence-electron chi connectivity index (χ2n) is 5.12. The van der Waals surface area contributed by atoms with Gasteiger partial charge in [0, 0.05) is 0 Å². The van der Waals surface area contributed by atoms with E-state index in [9.17, 15) is 9.90 Å². The van der Waals surface area contributed by atoms with Gasteiger partial charge in [-0.1, -0.05) is 65.8 Å². The first-order valence-corrected chi connectivity index (χ1v) is 8.72. The minimum absolute atomic E-state index is 0.177. The number of para-hydroxylation sites is 1. The summed E-state index contributed by atoms with van der Waals surface area (Å²) in [5.41, 5.74) is 1.23. The predicted molar refractivity (Wildman–Crippen MR) is 95.2 cm³/mol. The van der Waals surface area contributed by atoms with E-state index in [1.807, 2.05) is 18.2 Å². The second kappa shape index (κ2) is 7.69. The normalized spacial score (nSPS) is 12.1. The number of carboxylic acids is 1. The van der Waals surface area contributed by atoms with Crippen LogP contribution < -0.4 is 0 Å². The van der Waals surface area contributed by atoms with Gasteiger partial charge >= 0.3 is 5.97 Å². The Hall–Kier alpha value is -2.35. The molecule has 1 atom stereocenters. The summed E-state index contributed by atoms with van der Waals surface area (Å²) in [6.07, 6.45) is -1.02. The Morgan fingerprint density at radius 1 is 1.12 bits per heavy atom. The molecule has 0 aliphatic heterocycles. The van der Waals surface area contributed by atoms with Crippen LogP contribution in [0, 0.1) is 0 Å². The molecular formula is C17H14ClN3O3S. The molecule has 0 radical (unpaired) electrons. The fourth-order valence-electron chi connectivity index (χ4n) is 2.32. The summed E-state index contributed by atoms with van der Waals surface area (Å²) in [6, 6.07) is 16.1. The number of rotatable bonds is 6. The average Bonchev–Trinajstić information content (AvgIpc) is 3.04. The van der Waals surface area contributed by atoms with E-state index in [0.717, 1.165) is 11.8 Å². The number of halogens is 1. The summed E-state index contributed by atoms with van der Waals surface area (Å²) in [4.78, 5) is 10.9. The molecule has 0 aliphatic rings. The topological polar surface area (TPSA) is 88.2 Å². The number of hydrogen-bond acceptors (Lipinski definition) is 5. The number of carbonyl (C=O) groups is 1. The molecule has 0 spiro atoms. The van der Waals surface area contributed by atoms with Gasteiger partial charge in [0.15, 0.2) is 11.0 Å². The van der Waals surface area contributed by atoms with Crippen molar-refractivity contribution in [1.82, 2.24) is 14.8 Å². The van der Waals surface area contributed by atoms with E-state index in [0.29, 0.717) is 21.4 Å². The van der Waals surface area contributed by atoms with E-state index in [1.54, 1.807) is 41.0 Å². The van der Waals surface area contributed by atoms with Crippen molar-refractivity contribution in [3.05, 3.63) is 71.0 Å². The number of aliphatic carboxylic acids is 1. The van der Waals surface area contributed by atoms with Crippen molar-refractivity contribution in [2.24, 2.45) is 0 Å². The molecule has 128 valence electrons. The van der Waals surface area contributed by atoms with Crippen LogP contribution in [-0.4, -0.2) is 36.7 Å². The fraction of sp³-hybridized carbons (Fsp3) is 0.118. The smallest absolute Gasteiger partial charge is 0.313 e. The van der Waals surface area contributed by atoms with Gasteiger partial charge in [-0.25, -0.2) is 0 Å². The minimum atomic E-state index is -1.02. The highest BCUT2D eigenvalue weighted by Gasteiger charge is 2.23. The molecule has 25 heavy (non-hydrogen) atoms. The number of benzene rings is 2. The number of aromatic nitrogens is 3. The number of aliphatic hydroxyl groups excluding tert-OH is 1. The number of thioether (sulfide) groups is 1. The van der Waals surface area contributed by atoms with Gasteiger partial charge in [-0.3, -0.25) is 9.36 Å². The first kappa shape index (κ1) is 17.5. The molecule has 0 saturated heterocycles. The Kier molecular flexibility index (Phi) is 5.37. The maximum Gasteiger partial charge on any atom is 0.313 e. The third kappa shape index (κ3) is 3.84. The van der Waals surface area contributed by atoms with Gasteiger partial charge in [0.25, 0.3) is 0 Å². The molecule has 3 rings (SSSR count). The molecule has 0 fully saturated rings. The highest BCUT2D eigenvalue weighted by atomic mass is 35.5. The SMILES string of the molecule is O=C(O)CSc1nnc([C@H](O)c2ccccc2)n1-c1ccccc1Cl. The van der Waals surface area contributed by atoms with E-state index >= 15 is 0 Å². The summed E-state index contributed by atoms with van der Waals surface area (Å²) in [5.74, 6) is -0.875. The summed E-state index contributed by atoms with van der Waals surface area (Å²) < 4.78 is 1.59. The lowest BCUT2D eigenvalue weighted by Gasteiger charge is -2.15. The van der Waals surface area contributed by atoms with Crippen molar-refractivity contribution in [3.63, 3.8) is 0 Å². The Bertz CT molecular complexity index is 886. The molecule has 2 aromatic carbocycles. The van der Waals surface area contributed by atoms with Crippen molar-refractivity contribution in [2.75, 3.05) is 5.75 Å². The van der Waals surface area contributed by atoms with Crippen LogP contribution in [0.25, 0.3) is 5.69 Å². The van der Waals surface area contributed by atoms with Crippen LogP contribution in [0.4, 0.5) is 0 Å². The first-order chi connectivity index (χ1) is 12.1. The van der Waals surface area contributed by atoms with Crippen LogP contribution >= 0.6 is 23.4 Å². The second-order valence-corrected chi connectivity index (χ2v) is 6.47. The quantitative estimate of drug-likeness (QED) is 0.643. The lowest BCUT2D eigenvalue weighted by atomic mass is 10.1. The van der Waals surface area contributed by atoms with Gasteiger partial charge in [0.05, 0.1) is 16.5 Å². The first-order valence-electron chi connectivity index (χ1n) is 7.35. The molecule has 1 aromatic heterocycles. The van der Waals surface area contributed by atoms with Crippen molar-refractivity contribution >= 4 is 29.3 Å².